The predicted octanol–water partition coefficient (Wildman–Crippen LogP) is 1.41. The van der Waals surface area contributed by atoms with E-state index in [1.165, 1.54) is 24.2 Å². The van der Waals surface area contributed by atoms with Crippen LogP contribution in [0.5, 0.6) is 0 Å². The summed E-state index contributed by atoms with van der Waals surface area (Å²) in [5.41, 5.74) is 2.61. The molecule has 1 aliphatic carbocycles. The molecule has 2 heterocycles. The maximum atomic E-state index is 11.0. The third-order valence-electron chi connectivity index (χ3n) is 3.79. The molecule has 0 spiro atoms. The van der Waals surface area contributed by atoms with Crippen molar-refractivity contribution in [2.75, 3.05) is 0 Å². The van der Waals surface area contributed by atoms with Crippen LogP contribution in [0.15, 0.2) is 0 Å². The zero-order chi connectivity index (χ0) is 11.1. The van der Waals surface area contributed by atoms with Crippen molar-refractivity contribution in [3.05, 3.63) is 17.2 Å². The van der Waals surface area contributed by atoms with Gasteiger partial charge >= 0.3 is 5.97 Å². The summed E-state index contributed by atoms with van der Waals surface area (Å²) in [4.78, 5) is 15.6. The molecule has 3 rings (SSSR count). The Labute approximate surface area is 94.3 Å². The molecule has 0 saturated carbocycles. The Morgan fingerprint density at radius 2 is 2.19 bits per heavy atom. The number of hydrogen-bond acceptors (Lipinski definition) is 2. The summed E-state index contributed by atoms with van der Waals surface area (Å²) in [7, 11) is 0. The van der Waals surface area contributed by atoms with Gasteiger partial charge in [0.1, 0.15) is 5.82 Å². The minimum atomic E-state index is -0.674. The molecule has 0 radical (unpaired) electrons. The molecular formula is C12H16N2O2. The Kier molecular flexibility index (Phi) is 2.23. The number of nitrogens with zero attached hydrogens (tertiary/aromatic N) is 2. The van der Waals surface area contributed by atoms with Crippen LogP contribution in [-0.4, -0.2) is 20.6 Å². The molecule has 4 heteroatoms. The molecule has 2 aliphatic rings. The monoisotopic (exact) mass is 220 g/mol. The van der Waals surface area contributed by atoms with Crippen LogP contribution in [0, 0.1) is 5.92 Å². The van der Waals surface area contributed by atoms with Gasteiger partial charge in [-0.25, -0.2) is 4.98 Å². The third kappa shape index (κ3) is 1.44. The molecule has 0 aromatic carbocycles. The molecule has 16 heavy (non-hydrogen) atoms. The van der Waals surface area contributed by atoms with E-state index in [1.807, 2.05) is 0 Å². The molecule has 1 N–H and O–H groups in total. The van der Waals surface area contributed by atoms with Gasteiger partial charge in [0, 0.05) is 18.7 Å². The number of carboxylic acid groups (broad SMARTS) is 1. The molecule has 1 atom stereocenters. The average molecular weight is 220 g/mol. The number of aromatic nitrogens is 2. The molecule has 1 aliphatic heterocycles. The van der Waals surface area contributed by atoms with Crippen LogP contribution < -0.4 is 0 Å². The van der Waals surface area contributed by atoms with Gasteiger partial charge in [0.25, 0.3) is 0 Å². The van der Waals surface area contributed by atoms with Crippen LogP contribution >= 0.6 is 0 Å². The Morgan fingerprint density at radius 3 is 3.00 bits per heavy atom. The highest BCUT2D eigenvalue weighted by Gasteiger charge is 2.29. The van der Waals surface area contributed by atoms with E-state index < -0.39 is 5.97 Å². The first kappa shape index (κ1) is 9.87. The van der Waals surface area contributed by atoms with Crippen molar-refractivity contribution in [1.29, 1.82) is 0 Å². The molecule has 0 bridgehead atoms. The SMILES string of the molecule is O=C(O)C1CCn2c(nc3c2CCCC3)C1. The van der Waals surface area contributed by atoms with Crippen molar-refractivity contribution in [2.45, 2.75) is 45.1 Å². The normalized spacial score (nSPS) is 23.6. The van der Waals surface area contributed by atoms with Gasteiger partial charge in [-0.2, -0.15) is 0 Å². The van der Waals surface area contributed by atoms with Crippen LogP contribution in [0.25, 0.3) is 0 Å². The van der Waals surface area contributed by atoms with E-state index in [0.717, 1.165) is 31.6 Å². The van der Waals surface area contributed by atoms with E-state index in [-0.39, 0.29) is 5.92 Å². The molecule has 1 aromatic rings. The summed E-state index contributed by atoms with van der Waals surface area (Å²) in [6, 6.07) is 0. The molecule has 1 unspecified atom stereocenters. The summed E-state index contributed by atoms with van der Waals surface area (Å²) >= 11 is 0. The number of carboxylic acids is 1. The predicted molar refractivity (Wildman–Crippen MR) is 58.3 cm³/mol. The fraction of sp³-hybridized carbons (Fsp3) is 0.667. The van der Waals surface area contributed by atoms with Crippen molar-refractivity contribution in [2.24, 2.45) is 5.92 Å². The fourth-order valence-corrected chi connectivity index (χ4v) is 2.89. The number of hydrogen-bond donors (Lipinski definition) is 1. The van der Waals surface area contributed by atoms with Crippen molar-refractivity contribution < 1.29 is 9.90 Å². The smallest absolute Gasteiger partial charge is 0.307 e. The molecular weight excluding hydrogens is 204 g/mol. The highest BCUT2D eigenvalue weighted by molar-refractivity contribution is 5.70. The zero-order valence-corrected chi connectivity index (χ0v) is 9.28. The number of fused-ring (bicyclic) bond motifs is 3. The average Bonchev–Trinajstić information content (AvgIpc) is 2.66. The summed E-state index contributed by atoms with van der Waals surface area (Å²) in [5.74, 6) is 0.106. The molecule has 0 fully saturated rings. The first-order valence-corrected chi connectivity index (χ1v) is 6.05. The molecule has 0 amide bonds. The molecule has 4 nitrogen and oxygen atoms in total. The second kappa shape index (κ2) is 3.61. The Hall–Kier alpha value is -1.32. The van der Waals surface area contributed by atoms with Gasteiger partial charge < -0.3 is 9.67 Å². The maximum Gasteiger partial charge on any atom is 0.307 e. The van der Waals surface area contributed by atoms with Crippen molar-refractivity contribution in [3.8, 4) is 0 Å². The van der Waals surface area contributed by atoms with Gasteiger partial charge in [-0.3, -0.25) is 4.79 Å². The van der Waals surface area contributed by atoms with E-state index in [9.17, 15) is 4.79 Å². The van der Waals surface area contributed by atoms with Crippen molar-refractivity contribution in [1.82, 2.24) is 9.55 Å². The lowest BCUT2D eigenvalue weighted by atomic mass is 9.97. The van der Waals surface area contributed by atoms with E-state index in [2.05, 4.69) is 9.55 Å². The Morgan fingerprint density at radius 1 is 1.38 bits per heavy atom. The van der Waals surface area contributed by atoms with E-state index in [0.29, 0.717) is 6.42 Å². The Bertz CT molecular complexity index is 436. The number of carbonyl (C=O) groups is 1. The highest BCUT2D eigenvalue weighted by Crippen LogP contribution is 2.28. The summed E-state index contributed by atoms with van der Waals surface area (Å²) in [5, 5.41) is 9.03. The maximum absolute atomic E-state index is 11.0. The number of aliphatic carboxylic acids is 1. The zero-order valence-electron chi connectivity index (χ0n) is 9.28. The lowest BCUT2D eigenvalue weighted by molar-refractivity contribution is -0.142. The van der Waals surface area contributed by atoms with Crippen LogP contribution in [-0.2, 0) is 30.6 Å². The van der Waals surface area contributed by atoms with Gasteiger partial charge in [0.05, 0.1) is 11.6 Å². The quantitative estimate of drug-likeness (QED) is 0.778. The van der Waals surface area contributed by atoms with Crippen LogP contribution in [0.2, 0.25) is 0 Å². The second-order valence-electron chi connectivity index (χ2n) is 4.81. The van der Waals surface area contributed by atoms with E-state index in [1.54, 1.807) is 0 Å². The topological polar surface area (TPSA) is 55.1 Å². The van der Waals surface area contributed by atoms with Gasteiger partial charge in [-0.1, -0.05) is 0 Å². The molecule has 86 valence electrons. The van der Waals surface area contributed by atoms with Gasteiger partial charge in [0.2, 0.25) is 0 Å². The van der Waals surface area contributed by atoms with Crippen LogP contribution in [0.1, 0.15) is 36.5 Å². The van der Waals surface area contributed by atoms with E-state index >= 15 is 0 Å². The van der Waals surface area contributed by atoms with Gasteiger partial charge in [-0.15, -0.1) is 0 Å². The largest absolute Gasteiger partial charge is 0.481 e. The van der Waals surface area contributed by atoms with Gasteiger partial charge in [0.15, 0.2) is 0 Å². The second-order valence-corrected chi connectivity index (χ2v) is 4.81. The first-order chi connectivity index (χ1) is 7.75. The summed E-state index contributed by atoms with van der Waals surface area (Å²) < 4.78 is 2.27. The van der Waals surface area contributed by atoms with Crippen LogP contribution in [0.4, 0.5) is 0 Å². The molecule has 1 aromatic heterocycles. The highest BCUT2D eigenvalue weighted by atomic mass is 16.4. The van der Waals surface area contributed by atoms with Gasteiger partial charge in [-0.05, 0) is 32.1 Å². The summed E-state index contributed by atoms with van der Waals surface area (Å²) in [6.07, 6.45) is 6.05. The third-order valence-corrected chi connectivity index (χ3v) is 3.79. The minimum Gasteiger partial charge on any atom is -0.481 e. The minimum absolute atomic E-state index is 0.226. The Balaban J connectivity index is 1.94. The number of imidazole rings is 1. The summed E-state index contributed by atoms with van der Waals surface area (Å²) in [6.45, 7) is 0.842. The van der Waals surface area contributed by atoms with Crippen LogP contribution in [0.3, 0.4) is 0 Å². The number of rotatable bonds is 1. The standard InChI is InChI=1S/C12H16N2O2/c15-12(16)8-5-6-14-10-4-2-1-3-9(10)13-11(14)7-8/h8H,1-7H2,(H,15,16). The lowest BCUT2D eigenvalue weighted by Gasteiger charge is -2.22. The number of aryl methyl sites for hydroxylation is 1. The molecule has 0 saturated heterocycles. The van der Waals surface area contributed by atoms with Crippen molar-refractivity contribution in [3.63, 3.8) is 0 Å². The lowest BCUT2D eigenvalue weighted by Crippen LogP contribution is -2.26. The van der Waals surface area contributed by atoms with E-state index in [4.69, 9.17) is 5.11 Å². The fourth-order valence-electron chi connectivity index (χ4n) is 2.89. The first-order valence-electron chi connectivity index (χ1n) is 6.05. The van der Waals surface area contributed by atoms with Crippen molar-refractivity contribution >= 4 is 5.97 Å².